The van der Waals surface area contributed by atoms with Crippen molar-refractivity contribution in [2.24, 2.45) is 0 Å². The first-order valence-corrected chi connectivity index (χ1v) is 12.1. The van der Waals surface area contributed by atoms with Gasteiger partial charge in [0.05, 0.1) is 0 Å². The lowest BCUT2D eigenvalue weighted by Gasteiger charge is -2.17. The van der Waals surface area contributed by atoms with Gasteiger partial charge in [-0.2, -0.15) is 8.78 Å². The predicted molar refractivity (Wildman–Crippen MR) is 138 cm³/mol. The van der Waals surface area contributed by atoms with Crippen LogP contribution in [0, 0.1) is 0 Å². The number of hydrogen-bond donors (Lipinski definition) is 1. The van der Waals surface area contributed by atoms with Gasteiger partial charge in [0.25, 0.3) is 0 Å². The van der Waals surface area contributed by atoms with Gasteiger partial charge in [0.1, 0.15) is 18.1 Å². The van der Waals surface area contributed by atoms with E-state index in [1.807, 2.05) is 6.07 Å². The second-order valence-corrected chi connectivity index (χ2v) is 9.11. The number of aromatic nitrogens is 1. The molecule has 0 saturated carbocycles. The van der Waals surface area contributed by atoms with E-state index in [0.717, 1.165) is 37.4 Å². The van der Waals surface area contributed by atoms with Crippen molar-refractivity contribution in [2.45, 2.75) is 32.7 Å². The van der Waals surface area contributed by atoms with Crippen molar-refractivity contribution in [1.82, 2.24) is 9.88 Å². The number of alkyl halides is 2. The van der Waals surface area contributed by atoms with Crippen molar-refractivity contribution in [3.8, 4) is 11.5 Å². The van der Waals surface area contributed by atoms with Gasteiger partial charge in [0, 0.05) is 29.7 Å². The molecule has 6 rings (SSSR count). The molecule has 36 heavy (non-hydrogen) atoms. The second-order valence-electron chi connectivity index (χ2n) is 9.11. The maximum absolute atomic E-state index is 12.4. The SMILES string of the molecule is FC(F)Oc1ccc(COc2ccc3c(c2)c2c(n3Cc3ccc4ccccc4c3)CNCC2)cc1. The van der Waals surface area contributed by atoms with Crippen LogP contribution in [-0.4, -0.2) is 17.7 Å². The fourth-order valence-corrected chi connectivity index (χ4v) is 5.08. The van der Waals surface area contributed by atoms with Gasteiger partial charge in [-0.25, -0.2) is 0 Å². The summed E-state index contributed by atoms with van der Waals surface area (Å²) in [6.07, 6.45) is 0.978. The highest BCUT2D eigenvalue weighted by Gasteiger charge is 2.20. The molecular formula is C30H26F2N2O2. The number of rotatable bonds is 7. The Labute approximate surface area is 208 Å². The largest absolute Gasteiger partial charge is 0.489 e. The van der Waals surface area contributed by atoms with Crippen LogP contribution in [0.1, 0.15) is 22.4 Å². The molecule has 6 heteroatoms. The number of hydrogen-bond acceptors (Lipinski definition) is 3. The van der Waals surface area contributed by atoms with Crippen LogP contribution in [0.5, 0.6) is 11.5 Å². The Morgan fingerprint density at radius 2 is 1.61 bits per heavy atom. The quantitative estimate of drug-likeness (QED) is 0.280. The number of halogens is 2. The van der Waals surface area contributed by atoms with E-state index in [1.54, 1.807) is 12.1 Å². The third-order valence-electron chi connectivity index (χ3n) is 6.81. The van der Waals surface area contributed by atoms with Gasteiger partial charge in [-0.3, -0.25) is 0 Å². The first kappa shape index (κ1) is 22.6. The summed E-state index contributed by atoms with van der Waals surface area (Å²) in [5.41, 5.74) is 6.08. The van der Waals surface area contributed by atoms with Crippen molar-refractivity contribution in [1.29, 1.82) is 0 Å². The fraction of sp³-hybridized carbons (Fsp3) is 0.200. The lowest BCUT2D eigenvalue weighted by Crippen LogP contribution is -2.25. The molecule has 1 N–H and O–H groups in total. The highest BCUT2D eigenvalue weighted by atomic mass is 19.3. The van der Waals surface area contributed by atoms with E-state index in [0.29, 0.717) is 6.61 Å². The Balaban J connectivity index is 1.27. The zero-order valence-corrected chi connectivity index (χ0v) is 19.7. The number of nitrogens with one attached hydrogen (secondary N) is 1. The first-order chi connectivity index (χ1) is 17.6. The molecule has 0 aliphatic carbocycles. The smallest absolute Gasteiger partial charge is 0.387 e. The number of nitrogens with zero attached hydrogens (tertiary/aromatic N) is 1. The van der Waals surface area contributed by atoms with Gasteiger partial charge in [-0.15, -0.1) is 0 Å². The van der Waals surface area contributed by atoms with Gasteiger partial charge in [-0.05, 0) is 76.8 Å². The minimum atomic E-state index is -2.83. The zero-order chi connectivity index (χ0) is 24.5. The normalized spacial score (nSPS) is 13.3. The summed E-state index contributed by atoms with van der Waals surface area (Å²) < 4.78 is 37.7. The Hall–Kier alpha value is -3.90. The Morgan fingerprint density at radius 3 is 2.44 bits per heavy atom. The molecule has 5 aromatic rings. The topological polar surface area (TPSA) is 35.4 Å². The van der Waals surface area contributed by atoms with Gasteiger partial charge in [0.2, 0.25) is 0 Å². The zero-order valence-electron chi connectivity index (χ0n) is 19.7. The lowest BCUT2D eigenvalue weighted by atomic mass is 10.0. The van der Waals surface area contributed by atoms with Crippen LogP contribution < -0.4 is 14.8 Å². The van der Waals surface area contributed by atoms with Crippen LogP contribution in [-0.2, 0) is 26.1 Å². The van der Waals surface area contributed by atoms with E-state index in [2.05, 4.69) is 69.2 Å². The van der Waals surface area contributed by atoms with Crippen LogP contribution >= 0.6 is 0 Å². The third-order valence-corrected chi connectivity index (χ3v) is 6.81. The maximum atomic E-state index is 12.4. The van der Waals surface area contributed by atoms with Gasteiger partial charge < -0.3 is 19.4 Å². The first-order valence-electron chi connectivity index (χ1n) is 12.1. The molecule has 1 aromatic heterocycles. The summed E-state index contributed by atoms with van der Waals surface area (Å²) in [5, 5.41) is 7.26. The standard InChI is InChI=1S/C30H26F2N2O2/c31-30(32)36-24-9-6-20(7-10-24)19-35-25-11-12-28-27(16-25)26-13-14-33-17-29(26)34(28)18-21-5-8-22-3-1-2-4-23(22)15-21/h1-12,15-16,30,33H,13-14,17-19H2. The Kier molecular flexibility index (Phi) is 6.03. The van der Waals surface area contributed by atoms with Gasteiger partial charge in [-0.1, -0.05) is 48.5 Å². The van der Waals surface area contributed by atoms with Crippen molar-refractivity contribution in [3.05, 3.63) is 107 Å². The molecule has 0 unspecified atom stereocenters. The number of fused-ring (bicyclic) bond motifs is 4. The summed E-state index contributed by atoms with van der Waals surface area (Å²) >= 11 is 0. The molecule has 2 heterocycles. The van der Waals surface area contributed by atoms with Crippen molar-refractivity contribution in [3.63, 3.8) is 0 Å². The van der Waals surface area contributed by atoms with Crippen LogP contribution in [0.4, 0.5) is 8.78 Å². The van der Waals surface area contributed by atoms with E-state index in [4.69, 9.17) is 4.74 Å². The molecule has 0 radical (unpaired) electrons. The molecule has 0 atom stereocenters. The van der Waals surface area contributed by atoms with Crippen molar-refractivity contribution in [2.75, 3.05) is 6.54 Å². The number of benzene rings is 4. The monoisotopic (exact) mass is 484 g/mol. The van der Waals surface area contributed by atoms with Crippen molar-refractivity contribution >= 4 is 21.7 Å². The molecule has 0 saturated heterocycles. The van der Waals surface area contributed by atoms with Gasteiger partial charge in [0.15, 0.2) is 0 Å². The minimum absolute atomic E-state index is 0.142. The predicted octanol–water partition coefficient (Wildman–Crippen LogP) is 6.67. The Bertz CT molecular complexity index is 1530. The third kappa shape index (κ3) is 4.52. The summed E-state index contributed by atoms with van der Waals surface area (Å²) in [7, 11) is 0. The molecule has 0 bridgehead atoms. The van der Waals surface area contributed by atoms with Crippen LogP contribution in [0.3, 0.4) is 0 Å². The molecule has 4 aromatic carbocycles. The molecule has 0 amide bonds. The highest BCUT2D eigenvalue weighted by Crippen LogP contribution is 2.33. The fourth-order valence-electron chi connectivity index (χ4n) is 5.08. The van der Waals surface area contributed by atoms with Crippen LogP contribution in [0.25, 0.3) is 21.7 Å². The van der Waals surface area contributed by atoms with Crippen LogP contribution in [0.2, 0.25) is 0 Å². The molecule has 4 nitrogen and oxygen atoms in total. The van der Waals surface area contributed by atoms with E-state index in [1.165, 1.54) is 50.6 Å². The maximum Gasteiger partial charge on any atom is 0.387 e. The molecule has 182 valence electrons. The van der Waals surface area contributed by atoms with Crippen molar-refractivity contribution < 1.29 is 18.3 Å². The average Bonchev–Trinajstić information content (AvgIpc) is 3.21. The Morgan fingerprint density at radius 1 is 0.833 bits per heavy atom. The van der Waals surface area contributed by atoms with E-state index in [9.17, 15) is 8.78 Å². The summed E-state index contributed by atoms with van der Waals surface area (Å²) in [4.78, 5) is 0. The molecule has 0 spiro atoms. The minimum Gasteiger partial charge on any atom is -0.489 e. The van der Waals surface area contributed by atoms with Crippen LogP contribution in [0.15, 0.2) is 84.9 Å². The van der Waals surface area contributed by atoms with Gasteiger partial charge >= 0.3 is 6.61 Å². The molecule has 1 aliphatic rings. The average molecular weight is 485 g/mol. The van der Waals surface area contributed by atoms with E-state index >= 15 is 0 Å². The van der Waals surface area contributed by atoms with E-state index < -0.39 is 6.61 Å². The highest BCUT2D eigenvalue weighted by molar-refractivity contribution is 5.88. The summed E-state index contributed by atoms with van der Waals surface area (Å²) in [6, 6.07) is 28.0. The number of ether oxygens (including phenoxy) is 2. The van der Waals surface area contributed by atoms with E-state index in [-0.39, 0.29) is 5.75 Å². The second kappa shape index (κ2) is 9.63. The summed E-state index contributed by atoms with van der Waals surface area (Å²) in [6.45, 7) is 0.141. The lowest BCUT2D eigenvalue weighted by molar-refractivity contribution is -0.0498. The molecule has 0 fully saturated rings. The molecular weight excluding hydrogens is 458 g/mol. The summed E-state index contributed by atoms with van der Waals surface area (Å²) in [5.74, 6) is 0.933. The molecule has 1 aliphatic heterocycles.